The first-order valence-corrected chi connectivity index (χ1v) is 18.7. The average molecular weight is 746 g/mol. The third-order valence-electron chi connectivity index (χ3n) is 10.4. The Hall–Kier alpha value is -7.51. The number of carbonyl (C=O) groups is 1. The summed E-state index contributed by atoms with van der Waals surface area (Å²) in [6, 6.07) is 67.1. The summed E-state index contributed by atoms with van der Waals surface area (Å²) in [6.45, 7) is -0.0233. The number of aromatic nitrogens is 2. The first-order valence-electron chi connectivity index (χ1n) is 18.7. The average Bonchev–Trinajstić information content (AvgIpc) is 3.28. The van der Waals surface area contributed by atoms with E-state index in [9.17, 15) is 4.79 Å². The molecule has 8 aromatic rings. The van der Waals surface area contributed by atoms with Crippen LogP contribution in [0.1, 0.15) is 38.9 Å². The zero-order valence-corrected chi connectivity index (χ0v) is 31.0. The Labute approximate surface area is 330 Å². The van der Waals surface area contributed by atoms with Crippen molar-refractivity contribution >= 4 is 11.8 Å². The lowest BCUT2D eigenvalue weighted by molar-refractivity contribution is 0.155. The number of anilines is 1. The minimum absolute atomic E-state index is 0.0233. The largest absolute Gasteiger partial charge is 0.444 e. The molecule has 0 atom stereocenters. The van der Waals surface area contributed by atoms with Crippen LogP contribution >= 0.6 is 0 Å². The molecule has 57 heavy (non-hydrogen) atoms. The lowest BCUT2D eigenvalue weighted by Crippen LogP contribution is -2.57. The summed E-state index contributed by atoms with van der Waals surface area (Å²) in [5, 5.41) is 2.79. The van der Waals surface area contributed by atoms with E-state index < -0.39 is 28.4 Å². The standard InChI is InChI=1S/C50H39N3O4/c54-46-45(51-47(55)57-37-38-22-8-1-9-23-38)36-52(49(39-24-10-2-11-25-39,40-26-12-3-13-27-40)41-28-14-4-15-29-41)48(56)53(46)50(42-30-16-5-17-31-42,43-32-18-6-19-33-43)44-34-20-7-21-35-44/h1-36H,37H2,(H,51,55). The zero-order chi connectivity index (χ0) is 39.1. The number of nitrogens with one attached hydrogen (secondary N) is 1. The highest BCUT2D eigenvalue weighted by Crippen LogP contribution is 2.42. The Balaban J connectivity index is 1.53. The third kappa shape index (κ3) is 6.66. The van der Waals surface area contributed by atoms with Crippen molar-refractivity contribution in [3.63, 3.8) is 0 Å². The summed E-state index contributed by atoms with van der Waals surface area (Å²) >= 11 is 0. The molecule has 7 heteroatoms. The van der Waals surface area contributed by atoms with Gasteiger partial charge in [-0.05, 0) is 38.9 Å². The van der Waals surface area contributed by atoms with Crippen LogP contribution < -0.4 is 16.6 Å². The van der Waals surface area contributed by atoms with Crippen LogP contribution in [0.25, 0.3) is 0 Å². The van der Waals surface area contributed by atoms with Gasteiger partial charge in [-0.1, -0.05) is 212 Å². The highest BCUT2D eigenvalue weighted by Gasteiger charge is 2.46. The van der Waals surface area contributed by atoms with E-state index >= 15 is 9.59 Å². The Morgan fingerprint density at radius 2 is 0.772 bits per heavy atom. The maximum Gasteiger partial charge on any atom is 0.412 e. The number of carbonyl (C=O) groups excluding carboxylic acids is 1. The highest BCUT2D eigenvalue weighted by molar-refractivity contribution is 5.84. The van der Waals surface area contributed by atoms with Gasteiger partial charge in [-0.2, -0.15) is 0 Å². The smallest absolute Gasteiger partial charge is 0.412 e. The van der Waals surface area contributed by atoms with Gasteiger partial charge in [-0.3, -0.25) is 14.7 Å². The molecule has 278 valence electrons. The molecule has 0 bridgehead atoms. The molecule has 0 unspecified atom stereocenters. The fourth-order valence-electron chi connectivity index (χ4n) is 7.93. The van der Waals surface area contributed by atoms with Crippen LogP contribution in [-0.4, -0.2) is 15.2 Å². The van der Waals surface area contributed by atoms with E-state index in [4.69, 9.17) is 4.74 Å². The molecule has 0 fully saturated rings. The molecule has 1 amide bonds. The lowest BCUT2D eigenvalue weighted by Gasteiger charge is -2.41. The fraction of sp³-hybridized carbons (Fsp3) is 0.0600. The molecule has 0 saturated carbocycles. The van der Waals surface area contributed by atoms with Crippen molar-refractivity contribution in [2.75, 3.05) is 5.32 Å². The number of hydrogen-bond acceptors (Lipinski definition) is 4. The number of nitrogens with zero attached hydrogens (tertiary/aromatic N) is 2. The van der Waals surface area contributed by atoms with Crippen molar-refractivity contribution in [1.29, 1.82) is 0 Å². The topological polar surface area (TPSA) is 82.3 Å². The van der Waals surface area contributed by atoms with Crippen LogP contribution in [0.3, 0.4) is 0 Å². The van der Waals surface area contributed by atoms with Crippen LogP contribution in [-0.2, 0) is 22.4 Å². The maximum absolute atomic E-state index is 16.3. The van der Waals surface area contributed by atoms with Crippen LogP contribution in [0.15, 0.2) is 228 Å². The maximum atomic E-state index is 16.3. The van der Waals surface area contributed by atoms with Crippen LogP contribution in [0.2, 0.25) is 0 Å². The first-order chi connectivity index (χ1) is 28.0. The van der Waals surface area contributed by atoms with Crippen molar-refractivity contribution in [2.24, 2.45) is 0 Å². The molecule has 0 aliphatic heterocycles. The molecule has 7 aromatic carbocycles. The highest BCUT2D eigenvalue weighted by atomic mass is 16.5. The van der Waals surface area contributed by atoms with Crippen LogP contribution in [0.4, 0.5) is 10.5 Å². The van der Waals surface area contributed by atoms with Gasteiger partial charge in [0.05, 0.1) is 0 Å². The van der Waals surface area contributed by atoms with E-state index in [1.165, 1.54) is 10.8 Å². The van der Waals surface area contributed by atoms with Gasteiger partial charge in [0.2, 0.25) is 0 Å². The number of ether oxygens (including phenoxy) is 1. The van der Waals surface area contributed by atoms with Crippen molar-refractivity contribution in [3.05, 3.63) is 278 Å². The Morgan fingerprint density at radius 3 is 1.12 bits per heavy atom. The second kappa shape index (κ2) is 16.1. The normalized spacial score (nSPS) is 11.4. The molecule has 7 nitrogen and oxygen atoms in total. The predicted molar refractivity (Wildman–Crippen MR) is 224 cm³/mol. The third-order valence-corrected chi connectivity index (χ3v) is 10.4. The second-order valence-electron chi connectivity index (χ2n) is 13.6. The Kier molecular flexibility index (Phi) is 10.3. The molecular weight excluding hydrogens is 707 g/mol. The zero-order valence-electron chi connectivity index (χ0n) is 31.0. The molecule has 1 heterocycles. The minimum atomic E-state index is -1.53. The molecule has 1 N–H and O–H groups in total. The van der Waals surface area contributed by atoms with Gasteiger partial charge in [0.15, 0.2) is 0 Å². The summed E-state index contributed by atoms with van der Waals surface area (Å²) in [6.07, 6.45) is 0.617. The van der Waals surface area contributed by atoms with Gasteiger partial charge in [-0.25, -0.2) is 14.2 Å². The molecule has 0 aliphatic rings. The Bertz CT molecular complexity index is 2490. The molecular formula is C50H39N3O4. The van der Waals surface area contributed by atoms with Gasteiger partial charge in [0.25, 0.3) is 5.56 Å². The second-order valence-corrected chi connectivity index (χ2v) is 13.6. The SMILES string of the molecule is O=C(Nc1cn(C(c2ccccc2)(c2ccccc2)c2ccccc2)c(=O)n(C(c2ccccc2)(c2ccccc2)c2ccccc2)c1=O)OCc1ccccc1. The molecule has 0 radical (unpaired) electrons. The number of hydrogen-bond donors (Lipinski definition) is 1. The van der Waals surface area contributed by atoms with E-state index in [1.54, 1.807) is 4.57 Å². The predicted octanol–water partition coefficient (Wildman–Crippen LogP) is 9.44. The van der Waals surface area contributed by atoms with E-state index in [-0.39, 0.29) is 12.3 Å². The van der Waals surface area contributed by atoms with Crippen molar-refractivity contribution in [2.45, 2.75) is 17.7 Å². The summed E-state index contributed by atoms with van der Waals surface area (Å²) in [5.41, 5.74) is 0.715. The van der Waals surface area contributed by atoms with Gasteiger partial charge >= 0.3 is 11.8 Å². The number of rotatable bonds is 11. The summed E-state index contributed by atoms with van der Waals surface area (Å²) in [4.78, 5) is 45.6. The van der Waals surface area contributed by atoms with Gasteiger partial charge in [0, 0.05) is 6.20 Å². The van der Waals surface area contributed by atoms with E-state index in [0.717, 1.165) is 22.3 Å². The summed E-state index contributed by atoms with van der Waals surface area (Å²) in [5.74, 6) is 0. The molecule has 8 rings (SSSR count). The molecule has 0 spiro atoms. The van der Waals surface area contributed by atoms with Crippen LogP contribution in [0.5, 0.6) is 0 Å². The fourth-order valence-corrected chi connectivity index (χ4v) is 7.93. The Morgan fingerprint density at radius 1 is 0.456 bits per heavy atom. The first kappa shape index (κ1) is 36.5. The number of benzene rings is 7. The van der Waals surface area contributed by atoms with Gasteiger partial charge < -0.3 is 4.74 Å². The van der Waals surface area contributed by atoms with E-state index in [0.29, 0.717) is 16.7 Å². The quantitative estimate of drug-likeness (QED) is 0.134. The lowest BCUT2D eigenvalue weighted by atomic mass is 9.75. The summed E-state index contributed by atoms with van der Waals surface area (Å²) < 4.78 is 8.57. The monoisotopic (exact) mass is 745 g/mol. The van der Waals surface area contributed by atoms with Gasteiger partial charge in [0.1, 0.15) is 23.4 Å². The number of amides is 1. The van der Waals surface area contributed by atoms with Crippen molar-refractivity contribution in [1.82, 2.24) is 9.13 Å². The van der Waals surface area contributed by atoms with Crippen LogP contribution in [0, 0.1) is 0 Å². The van der Waals surface area contributed by atoms with Gasteiger partial charge in [-0.15, -0.1) is 0 Å². The molecule has 0 aliphatic carbocycles. The molecule has 1 aromatic heterocycles. The van der Waals surface area contributed by atoms with E-state index in [1.807, 2.05) is 212 Å². The minimum Gasteiger partial charge on any atom is -0.444 e. The van der Waals surface area contributed by atoms with E-state index in [2.05, 4.69) is 5.32 Å². The van der Waals surface area contributed by atoms with Crippen molar-refractivity contribution < 1.29 is 9.53 Å². The summed E-state index contributed by atoms with van der Waals surface area (Å²) in [7, 11) is 0. The van der Waals surface area contributed by atoms with Crippen molar-refractivity contribution in [3.8, 4) is 0 Å². The molecule has 0 saturated heterocycles.